The molecule has 27 heavy (non-hydrogen) atoms. The smallest absolute Gasteiger partial charge is 0.00206 e. The standard InChI is InChI=1S/C27H20/c1-3-18(4-2)22-9-6-10-23(17-22)24-15-13-21-12-11-19-7-5-8-20-14-16-25(24)27(21)26(19)20/h3-17H,1H2,2H3/b18-4+. The predicted octanol–water partition coefficient (Wildman–Crippen LogP) is 7.84. The maximum atomic E-state index is 3.95. The Morgan fingerprint density at radius 2 is 1.41 bits per heavy atom. The van der Waals surface area contributed by atoms with Gasteiger partial charge in [-0.05, 0) is 67.6 Å². The van der Waals surface area contributed by atoms with Crippen LogP contribution >= 0.6 is 0 Å². The van der Waals surface area contributed by atoms with Crippen LogP contribution in [-0.4, -0.2) is 0 Å². The topological polar surface area (TPSA) is 0 Å². The average Bonchev–Trinajstić information content (AvgIpc) is 2.73. The second-order valence-electron chi connectivity index (χ2n) is 7.00. The SMILES string of the molecule is C=C/C(=C\C)c1cccc(-c2ccc3ccc4cccc5ccc2c3c45)c1. The molecule has 0 aliphatic heterocycles. The van der Waals surface area contributed by atoms with Gasteiger partial charge in [0, 0.05) is 0 Å². The summed E-state index contributed by atoms with van der Waals surface area (Å²) in [7, 11) is 0. The lowest BCUT2D eigenvalue weighted by Crippen LogP contribution is -1.88. The fourth-order valence-corrected chi connectivity index (χ4v) is 4.26. The van der Waals surface area contributed by atoms with Crippen LogP contribution in [0.2, 0.25) is 0 Å². The van der Waals surface area contributed by atoms with Crippen LogP contribution in [0.4, 0.5) is 0 Å². The van der Waals surface area contributed by atoms with E-state index in [9.17, 15) is 0 Å². The number of rotatable bonds is 3. The van der Waals surface area contributed by atoms with Crippen LogP contribution in [0, 0.1) is 0 Å². The Labute approximate surface area is 159 Å². The van der Waals surface area contributed by atoms with Gasteiger partial charge in [0.15, 0.2) is 0 Å². The minimum absolute atomic E-state index is 1.16. The number of benzene rings is 5. The summed E-state index contributed by atoms with van der Waals surface area (Å²) in [6.07, 6.45) is 4.03. The van der Waals surface area contributed by atoms with Crippen LogP contribution in [-0.2, 0) is 0 Å². The van der Waals surface area contributed by atoms with E-state index in [2.05, 4.69) is 98.4 Å². The molecule has 0 N–H and O–H groups in total. The van der Waals surface area contributed by atoms with Crippen LogP contribution in [0.3, 0.4) is 0 Å². The second-order valence-corrected chi connectivity index (χ2v) is 7.00. The zero-order chi connectivity index (χ0) is 18.4. The van der Waals surface area contributed by atoms with Crippen molar-refractivity contribution >= 4 is 37.9 Å². The van der Waals surface area contributed by atoms with Crippen LogP contribution in [0.25, 0.3) is 49.0 Å². The van der Waals surface area contributed by atoms with Crippen molar-refractivity contribution in [1.82, 2.24) is 0 Å². The fraction of sp³-hybridized carbons (Fsp3) is 0.0370. The van der Waals surface area contributed by atoms with Gasteiger partial charge >= 0.3 is 0 Å². The molecule has 0 saturated carbocycles. The quantitative estimate of drug-likeness (QED) is 0.231. The van der Waals surface area contributed by atoms with Crippen molar-refractivity contribution in [1.29, 1.82) is 0 Å². The molecule has 0 saturated heterocycles. The highest BCUT2D eigenvalue weighted by atomic mass is 14.2. The lowest BCUT2D eigenvalue weighted by Gasteiger charge is -2.14. The van der Waals surface area contributed by atoms with Crippen LogP contribution < -0.4 is 0 Å². The lowest BCUT2D eigenvalue weighted by molar-refractivity contribution is 1.58. The minimum Gasteiger partial charge on any atom is -0.0985 e. The minimum atomic E-state index is 1.16. The van der Waals surface area contributed by atoms with E-state index >= 15 is 0 Å². The molecule has 5 rings (SSSR count). The molecule has 0 fully saturated rings. The van der Waals surface area contributed by atoms with E-state index in [4.69, 9.17) is 0 Å². The Balaban J connectivity index is 1.84. The summed E-state index contributed by atoms with van der Waals surface area (Å²) in [6.45, 7) is 6.00. The highest BCUT2D eigenvalue weighted by molar-refractivity contribution is 6.25. The van der Waals surface area contributed by atoms with Gasteiger partial charge in [0.25, 0.3) is 0 Å². The van der Waals surface area contributed by atoms with E-state index in [-0.39, 0.29) is 0 Å². The molecule has 0 aliphatic carbocycles. The first-order chi connectivity index (χ1) is 13.3. The van der Waals surface area contributed by atoms with Gasteiger partial charge in [-0.3, -0.25) is 0 Å². The van der Waals surface area contributed by atoms with Crippen molar-refractivity contribution in [3.05, 3.63) is 103 Å². The Kier molecular flexibility index (Phi) is 3.58. The highest BCUT2D eigenvalue weighted by Gasteiger charge is 2.12. The third kappa shape index (κ3) is 2.38. The average molecular weight is 344 g/mol. The third-order valence-corrected chi connectivity index (χ3v) is 5.57. The van der Waals surface area contributed by atoms with Gasteiger partial charge in [0.05, 0.1) is 0 Å². The van der Waals surface area contributed by atoms with E-state index in [0.717, 1.165) is 5.57 Å². The molecule has 0 nitrogen and oxygen atoms in total. The van der Waals surface area contributed by atoms with Crippen molar-refractivity contribution in [2.45, 2.75) is 6.92 Å². The molecule has 0 spiro atoms. The van der Waals surface area contributed by atoms with Crippen LogP contribution in [0.15, 0.2) is 97.6 Å². The van der Waals surface area contributed by atoms with Crippen molar-refractivity contribution < 1.29 is 0 Å². The molecule has 0 unspecified atom stereocenters. The summed E-state index contributed by atoms with van der Waals surface area (Å²) >= 11 is 0. The molecule has 0 amide bonds. The van der Waals surface area contributed by atoms with Crippen molar-refractivity contribution in [3.63, 3.8) is 0 Å². The van der Waals surface area contributed by atoms with Gasteiger partial charge in [-0.1, -0.05) is 91.5 Å². The molecular weight excluding hydrogens is 324 g/mol. The fourth-order valence-electron chi connectivity index (χ4n) is 4.26. The van der Waals surface area contributed by atoms with Gasteiger partial charge in [-0.15, -0.1) is 0 Å². The summed E-state index contributed by atoms with van der Waals surface area (Å²) in [5.74, 6) is 0. The maximum absolute atomic E-state index is 3.95. The zero-order valence-electron chi connectivity index (χ0n) is 15.4. The summed E-state index contributed by atoms with van der Waals surface area (Å²) in [4.78, 5) is 0. The largest absolute Gasteiger partial charge is 0.0985 e. The molecule has 128 valence electrons. The van der Waals surface area contributed by atoms with Crippen molar-refractivity contribution in [2.24, 2.45) is 0 Å². The monoisotopic (exact) mass is 344 g/mol. The first kappa shape index (κ1) is 15.8. The predicted molar refractivity (Wildman–Crippen MR) is 119 cm³/mol. The first-order valence-corrected chi connectivity index (χ1v) is 9.36. The van der Waals surface area contributed by atoms with Crippen molar-refractivity contribution in [3.8, 4) is 11.1 Å². The summed E-state index contributed by atoms with van der Waals surface area (Å²) in [6, 6.07) is 28.8. The molecule has 0 radical (unpaired) electrons. The lowest BCUT2D eigenvalue weighted by atomic mass is 9.89. The summed E-state index contributed by atoms with van der Waals surface area (Å²) in [5.41, 5.74) is 4.89. The van der Waals surface area contributed by atoms with Gasteiger partial charge < -0.3 is 0 Å². The van der Waals surface area contributed by atoms with E-state index in [0.29, 0.717) is 0 Å². The normalized spacial score (nSPS) is 12.3. The number of allylic oxidation sites excluding steroid dienone is 3. The molecule has 0 aromatic heterocycles. The summed E-state index contributed by atoms with van der Waals surface area (Å²) in [5, 5.41) is 7.96. The molecule has 0 atom stereocenters. The Morgan fingerprint density at radius 1 is 0.741 bits per heavy atom. The molecular formula is C27H20. The molecule has 0 heteroatoms. The second kappa shape index (κ2) is 6.10. The number of hydrogen-bond donors (Lipinski definition) is 0. The third-order valence-electron chi connectivity index (χ3n) is 5.57. The number of hydrogen-bond acceptors (Lipinski definition) is 0. The van der Waals surface area contributed by atoms with E-state index < -0.39 is 0 Å². The molecule has 5 aromatic rings. The molecule has 0 aliphatic rings. The Morgan fingerprint density at radius 3 is 2.15 bits per heavy atom. The Hall–Kier alpha value is -3.38. The highest BCUT2D eigenvalue weighted by Crippen LogP contribution is 2.39. The van der Waals surface area contributed by atoms with Gasteiger partial charge in [-0.25, -0.2) is 0 Å². The van der Waals surface area contributed by atoms with E-state index in [1.54, 1.807) is 0 Å². The van der Waals surface area contributed by atoms with E-state index in [1.165, 1.54) is 49.0 Å². The summed E-state index contributed by atoms with van der Waals surface area (Å²) < 4.78 is 0. The van der Waals surface area contributed by atoms with E-state index in [1.807, 2.05) is 6.08 Å². The van der Waals surface area contributed by atoms with Gasteiger partial charge in [0.1, 0.15) is 0 Å². The zero-order valence-corrected chi connectivity index (χ0v) is 15.4. The Bertz CT molecular complexity index is 1320. The van der Waals surface area contributed by atoms with Crippen molar-refractivity contribution in [2.75, 3.05) is 0 Å². The molecule has 0 heterocycles. The van der Waals surface area contributed by atoms with Crippen LogP contribution in [0.1, 0.15) is 12.5 Å². The van der Waals surface area contributed by atoms with Gasteiger partial charge in [0.2, 0.25) is 0 Å². The maximum Gasteiger partial charge on any atom is -0.00206 e. The first-order valence-electron chi connectivity index (χ1n) is 9.36. The van der Waals surface area contributed by atoms with Gasteiger partial charge in [-0.2, -0.15) is 0 Å². The molecule has 0 bridgehead atoms. The molecule has 5 aromatic carbocycles. The van der Waals surface area contributed by atoms with Crippen LogP contribution in [0.5, 0.6) is 0 Å².